The minimum Gasteiger partial charge on any atom is -0.380 e. The summed E-state index contributed by atoms with van der Waals surface area (Å²) >= 11 is 5.58. The molecule has 1 N–H and O–H groups in total. The molecule has 26 heavy (non-hydrogen) atoms. The highest BCUT2D eigenvalue weighted by Gasteiger charge is 2.25. The second-order valence-electron chi connectivity index (χ2n) is 6.57. The fraction of sp³-hybridized carbons (Fsp3) is 0.500. The van der Waals surface area contributed by atoms with Gasteiger partial charge in [0, 0.05) is 37.9 Å². The van der Waals surface area contributed by atoms with Crippen LogP contribution in [0.25, 0.3) is 11.3 Å². The Hall–Kier alpha value is -1.57. The molecule has 0 spiro atoms. The number of alkyl halides is 1. The molecule has 1 heterocycles. The molecule has 0 unspecified atom stereocenters. The van der Waals surface area contributed by atoms with E-state index >= 15 is 0 Å². The molecule has 8 heteroatoms. The van der Waals surface area contributed by atoms with Crippen molar-refractivity contribution in [2.75, 3.05) is 7.11 Å². The first kappa shape index (κ1) is 19.2. The van der Waals surface area contributed by atoms with Crippen molar-refractivity contribution in [1.82, 2.24) is 15.1 Å². The van der Waals surface area contributed by atoms with Crippen LogP contribution in [0.2, 0.25) is 5.02 Å². The maximum atomic E-state index is 13.9. The van der Waals surface area contributed by atoms with E-state index in [0.717, 1.165) is 12.0 Å². The smallest absolute Gasteiger partial charge is 0.145 e. The highest BCUT2D eigenvalue weighted by atomic mass is 35.5. The van der Waals surface area contributed by atoms with E-state index in [1.54, 1.807) is 18.8 Å². The molecule has 0 amide bonds. The lowest BCUT2D eigenvalue weighted by Gasteiger charge is -2.12. The van der Waals surface area contributed by atoms with Crippen LogP contribution in [-0.2, 0) is 24.9 Å². The molecule has 1 saturated carbocycles. The molecule has 1 fully saturated rings. The zero-order valence-electron chi connectivity index (χ0n) is 14.7. The van der Waals surface area contributed by atoms with Gasteiger partial charge in [-0.2, -0.15) is 5.10 Å². The van der Waals surface area contributed by atoms with E-state index in [1.165, 1.54) is 12.1 Å². The van der Waals surface area contributed by atoms with Crippen LogP contribution in [0.5, 0.6) is 0 Å². The summed E-state index contributed by atoms with van der Waals surface area (Å²) in [4.78, 5) is 0. The molecule has 0 aliphatic heterocycles. The van der Waals surface area contributed by atoms with Crippen LogP contribution in [0.4, 0.5) is 13.2 Å². The molecule has 0 radical (unpaired) electrons. The van der Waals surface area contributed by atoms with Gasteiger partial charge >= 0.3 is 0 Å². The summed E-state index contributed by atoms with van der Waals surface area (Å²) in [6.07, 6.45) is 1.09. The molecule has 0 bridgehead atoms. The summed E-state index contributed by atoms with van der Waals surface area (Å²) in [5.74, 6) is -1.66. The number of aryl methyl sites for hydroxylation is 1. The van der Waals surface area contributed by atoms with Crippen molar-refractivity contribution >= 4 is 11.6 Å². The number of nitrogens with zero attached hydrogens (tertiary/aromatic N) is 2. The van der Waals surface area contributed by atoms with Crippen LogP contribution in [0, 0.1) is 11.6 Å². The molecule has 4 nitrogen and oxygen atoms in total. The summed E-state index contributed by atoms with van der Waals surface area (Å²) in [6.45, 7) is 0.672. The SMILES string of the molecule is COCc1c(CN[C@H]2CC[C@@H](F)C2)nn(C)c1-c1cc(F)c(Cl)c(F)c1. The second-order valence-corrected chi connectivity index (χ2v) is 6.95. The van der Waals surface area contributed by atoms with Crippen LogP contribution < -0.4 is 5.32 Å². The summed E-state index contributed by atoms with van der Waals surface area (Å²) in [7, 11) is 3.25. The zero-order valence-corrected chi connectivity index (χ0v) is 15.4. The minimum absolute atomic E-state index is 0.108. The standard InChI is InChI=1S/C18H21ClF3N3O/c1-25-18(10-5-14(21)17(19)15(22)6-10)13(9-26-2)16(24-25)8-23-12-4-3-11(20)7-12/h5-6,11-12,23H,3-4,7-9H2,1-2H3/t11-,12+/m1/s1. The van der Waals surface area contributed by atoms with Crippen LogP contribution in [0.1, 0.15) is 30.5 Å². The molecule has 0 saturated heterocycles. The topological polar surface area (TPSA) is 39.1 Å². The number of aromatic nitrogens is 2. The fourth-order valence-electron chi connectivity index (χ4n) is 3.47. The number of hydrogen-bond donors (Lipinski definition) is 1. The lowest BCUT2D eigenvalue weighted by Crippen LogP contribution is -2.26. The summed E-state index contributed by atoms with van der Waals surface area (Å²) < 4.78 is 47.9. The van der Waals surface area contributed by atoms with Crippen molar-refractivity contribution in [2.24, 2.45) is 7.05 Å². The number of ether oxygens (including phenoxy) is 1. The molecular weight excluding hydrogens is 367 g/mol. The second kappa shape index (κ2) is 7.98. The van der Waals surface area contributed by atoms with Gasteiger partial charge in [-0.25, -0.2) is 13.2 Å². The number of benzene rings is 1. The van der Waals surface area contributed by atoms with Crippen molar-refractivity contribution in [3.05, 3.63) is 40.0 Å². The van der Waals surface area contributed by atoms with E-state index in [2.05, 4.69) is 10.4 Å². The Morgan fingerprint density at radius 2 is 2.00 bits per heavy atom. The van der Waals surface area contributed by atoms with E-state index in [1.807, 2.05) is 0 Å². The average molecular weight is 388 g/mol. The summed E-state index contributed by atoms with van der Waals surface area (Å²) in [5, 5.41) is 7.25. The van der Waals surface area contributed by atoms with E-state index in [4.69, 9.17) is 16.3 Å². The Morgan fingerprint density at radius 1 is 1.31 bits per heavy atom. The monoisotopic (exact) mass is 387 g/mol. The van der Waals surface area contributed by atoms with Crippen molar-refractivity contribution in [2.45, 2.75) is 44.6 Å². The van der Waals surface area contributed by atoms with Gasteiger partial charge in [-0.15, -0.1) is 0 Å². The molecule has 142 valence electrons. The van der Waals surface area contributed by atoms with Gasteiger partial charge in [0.2, 0.25) is 0 Å². The normalized spacial score (nSPS) is 20.1. The third-order valence-corrected chi connectivity index (χ3v) is 5.06. The van der Waals surface area contributed by atoms with Gasteiger partial charge in [-0.3, -0.25) is 4.68 Å². The average Bonchev–Trinajstić information content (AvgIpc) is 3.14. The Bertz CT molecular complexity index is 773. The van der Waals surface area contributed by atoms with Crippen LogP contribution >= 0.6 is 11.6 Å². The Labute approximate surface area is 155 Å². The molecule has 1 aromatic heterocycles. The predicted molar refractivity (Wildman–Crippen MR) is 93.7 cm³/mol. The first-order valence-electron chi connectivity index (χ1n) is 8.46. The van der Waals surface area contributed by atoms with Crippen molar-refractivity contribution in [3.8, 4) is 11.3 Å². The van der Waals surface area contributed by atoms with Gasteiger partial charge in [0.05, 0.1) is 18.0 Å². The van der Waals surface area contributed by atoms with E-state index in [-0.39, 0.29) is 12.6 Å². The molecule has 1 aliphatic rings. The largest absolute Gasteiger partial charge is 0.380 e. The van der Waals surface area contributed by atoms with Crippen molar-refractivity contribution in [3.63, 3.8) is 0 Å². The Kier molecular flexibility index (Phi) is 5.89. The highest BCUT2D eigenvalue weighted by Crippen LogP contribution is 2.31. The molecule has 2 atom stereocenters. The van der Waals surface area contributed by atoms with Gasteiger partial charge in [-0.05, 0) is 31.4 Å². The van der Waals surface area contributed by atoms with Gasteiger partial charge in [-0.1, -0.05) is 11.6 Å². The number of nitrogens with one attached hydrogen (secondary N) is 1. The van der Waals surface area contributed by atoms with Gasteiger partial charge in [0.15, 0.2) is 0 Å². The first-order valence-corrected chi connectivity index (χ1v) is 8.84. The number of methoxy groups -OCH3 is 1. The van der Waals surface area contributed by atoms with E-state index in [9.17, 15) is 13.2 Å². The van der Waals surface area contributed by atoms with Crippen molar-refractivity contribution < 1.29 is 17.9 Å². The maximum Gasteiger partial charge on any atom is 0.145 e. The first-order chi connectivity index (χ1) is 12.4. The molecule has 1 aromatic carbocycles. The highest BCUT2D eigenvalue weighted by molar-refractivity contribution is 6.31. The fourth-order valence-corrected chi connectivity index (χ4v) is 3.58. The lowest BCUT2D eigenvalue weighted by atomic mass is 10.1. The lowest BCUT2D eigenvalue weighted by molar-refractivity contribution is 0.184. The van der Waals surface area contributed by atoms with Crippen molar-refractivity contribution in [1.29, 1.82) is 0 Å². The van der Waals surface area contributed by atoms with E-state index < -0.39 is 22.8 Å². The predicted octanol–water partition coefficient (Wildman–Crippen LogP) is 4.15. The van der Waals surface area contributed by atoms with E-state index in [0.29, 0.717) is 36.3 Å². The van der Waals surface area contributed by atoms with Crippen LogP contribution in [0.3, 0.4) is 0 Å². The number of rotatable bonds is 6. The molecular formula is C18H21ClF3N3O. The van der Waals surface area contributed by atoms with Crippen LogP contribution in [0.15, 0.2) is 12.1 Å². The maximum absolute atomic E-state index is 13.9. The number of halogens is 4. The summed E-state index contributed by atoms with van der Waals surface area (Å²) in [6, 6.07) is 2.48. The van der Waals surface area contributed by atoms with Gasteiger partial charge in [0.1, 0.15) is 22.8 Å². The minimum atomic E-state index is -0.828. The quantitative estimate of drug-likeness (QED) is 0.757. The Morgan fingerprint density at radius 3 is 2.58 bits per heavy atom. The molecule has 1 aliphatic carbocycles. The molecule has 3 rings (SSSR count). The Balaban J connectivity index is 1.91. The van der Waals surface area contributed by atoms with Crippen LogP contribution in [-0.4, -0.2) is 29.1 Å². The number of hydrogen-bond acceptors (Lipinski definition) is 3. The zero-order chi connectivity index (χ0) is 18.8. The van der Waals surface area contributed by atoms with Gasteiger partial charge in [0.25, 0.3) is 0 Å². The molecule has 2 aromatic rings. The third kappa shape index (κ3) is 3.89. The third-order valence-electron chi connectivity index (χ3n) is 4.70. The van der Waals surface area contributed by atoms with Gasteiger partial charge < -0.3 is 10.1 Å². The summed E-state index contributed by atoms with van der Waals surface area (Å²) in [5.41, 5.74) is 2.34.